The second-order valence-electron chi connectivity index (χ2n) is 1.61. The van der Waals surface area contributed by atoms with Gasteiger partial charge in [0.2, 0.25) is 0 Å². The van der Waals surface area contributed by atoms with Crippen LogP contribution in [0.2, 0.25) is 0 Å². The largest absolute Gasteiger partial charge is 0.465 e. The summed E-state index contributed by atoms with van der Waals surface area (Å²) in [7, 11) is 1.31. The molecule has 0 rings (SSSR count). The van der Waals surface area contributed by atoms with Crippen molar-refractivity contribution in [3.8, 4) is 0 Å². The fourth-order valence-corrected chi connectivity index (χ4v) is 0.383. The maximum absolute atomic E-state index is 10.6. The van der Waals surface area contributed by atoms with E-state index in [1.165, 1.54) is 7.11 Å². The van der Waals surface area contributed by atoms with Crippen molar-refractivity contribution in [3.05, 3.63) is 37.0 Å². The molecule has 54 valence electrons. The summed E-state index contributed by atoms with van der Waals surface area (Å²) in [6.07, 6.45) is 4.73. The van der Waals surface area contributed by atoms with Crippen LogP contribution in [0.15, 0.2) is 37.0 Å². The van der Waals surface area contributed by atoms with Gasteiger partial charge in [-0.1, -0.05) is 25.3 Å². The first-order valence-corrected chi connectivity index (χ1v) is 2.78. The first-order valence-electron chi connectivity index (χ1n) is 2.78. The van der Waals surface area contributed by atoms with E-state index in [9.17, 15) is 4.79 Å². The Bertz CT molecular complexity index is 178. The molecule has 0 heterocycles. The molecule has 2 nitrogen and oxygen atoms in total. The molecule has 0 atom stereocenters. The van der Waals surface area contributed by atoms with Crippen LogP contribution in [0.5, 0.6) is 0 Å². The smallest absolute Gasteiger partial charge is 0.337 e. The monoisotopic (exact) mass is 138 g/mol. The van der Waals surface area contributed by atoms with Gasteiger partial charge in [0.15, 0.2) is 0 Å². The van der Waals surface area contributed by atoms with E-state index >= 15 is 0 Å². The first kappa shape index (κ1) is 8.69. The number of hydrogen-bond acceptors (Lipinski definition) is 2. The lowest BCUT2D eigenvalue weighted by atomic mass is 10.3. The number of esters is 1. The van der Waals surface area contributed by atoms with Gasteiger partial charge in [0.25, 0.3) is 0 Å². The Kier molecular flexibility index (Phi) is 3.96. The summed E-state index contributed by atoms with van der Waals surface area (Å²) in [6.45, 7) is 6.89. The van der Waals surface area contributed by atoms with Gasteiger partial charge >= 0.3 is 5.97 Å². The maximum atomic E-state index is 10.6. The van der Waals surface area contributed by atoms with Crippen molar-refractivity contribution in [2.24, 2.45) is 0 Å². The Hall–Kier alpha value is -1.31. The molecule has 0 fully saturated rings. The Morgan fingerprint density at radius 1 is 1.60 bits per heavy atom. The zero-order valence-corrected chi connectivity index (χ0v) is 5.96. The highest BCUT2D eigenvalue weighted by Crippen LogP contribution is 1.94. The number of allylic oxidation sites excluding steroid dienone is 2. The van der Waals surface area contributed by atoms with Gasteiger partial charge in [-0.2, -0.15) is 0 Å². The molecular formula is C8H10O2. The molecule has 0 aliphatic heterocycles. The molecule has 0 aliphatic carbocycles. The van der Waals surface area contributed by atoms with Gasteiger partial charge in [-0.3, -0.25) is 0 Å². The normalized spacial score (nSPS) is 9.30. The van der Waals surface area contributed by atoms with E-state index in [2.05, 4.69) is 17.9 Å². The Morgan fingerprint density at radius 3 is 2.60 bits per heavy atom. The minimum Gasteiger partial charge on any atom is -0.465 e. The number of methoxy groups -OCH3 is 1. The zero-order chi connectivity index (χ0) is 7.98. The molecule has 0 radical (unpaired) electrons. The van der Waals surface area contributed by atoms with Crippen LogP contribution in [0.25, 0.3) is 0 Å². The van der Waals surface area contributed by atoms with Crippen molar-refractivity contribution in [1.82, 2.24) is 0 Å². The van der Waals surface area contributed by atoms with Gasteiger partial charge in [-0.25, -0.2) is 4.79 Å². The quantitative estimate of drug-likeness (QED) is 0.335. The summed E-state index contributed by atoms with van der Waals surface area (Å²) in [4.78, 5) is 10.6. The average Bonchev–Trinajstić information content (AvgIpc) is 1.98. The standard InChI is InChI=1S/C8H10O2/c1-4-5-6-7(2)8(9)10-3/h4-6H,1-2H2,3H3. The third-order valence-corrected chi connectivity index (χ3v) is 0.881. The van der Waals surface area contributed by atoms with E-state index in [4.69, 9.17) is 0 Å². The third kappa shape index (κ3) is 2.87. The van der Waals surface area contributed by atoms with Crippen molar-refractivity contribution in [2.45, 2.75) is 0 Å². The summed E-state index contributed by atoms with van der Waals surface area (Å²) in [6, 6.07) is 0. The van der Waals surface area contributed by atoms with Crippen LogP contribution in [0.3, 0.4) is 0 Å². The number of rotatable bonds is 3. The molecule has 2 heteroatoms. The van der Waals surface area contributed by atoms with Crippen LogP contribution < -0.4 is 0 Å². The summed E-state index contributed by atoms with van der Waals surface area (Å²) < 4.78 is 4.39. The molecule has 0 aromatic heterocycles. The van der Waals surface area contributed by atoms with Gasteiger partial charge in [0.05, 0.1) is 12.7 Å². The van der Waals surface area contributed by atoms with Crippen LogP contribution >= 0.6 is 0 Å². The maximum Gasteiger partial charge on any atom is 0.337 e. The predicted octanol–water partition coefficient (Wildman–Crippen LogP) is 1.46. The lowest BCUT2D eigenvalue weighted by Gasteiger charge is -1.94. The number of hydrogen-bond donors (Lipinski definition) is 0. The fraction of sp³-hybridized carbons (Fsp3) is 0.125. The van der Waals surface area contributed by atoms with E-state index in [1.807, 2.05) is 0 Å². The number of ether oxygens (including phenoxy) is 1. The molecule has 0 aromatic carbocycles. The SMILES string of the molecule is C=CC=CC(=C)C(=O)OC. The van der Waals surface area contributed by atoms with Crippen molar-refractivity contribution < 1.29 is 9.53 Å². The number of carbonyl (C=O) groups is 1. The molecule has 0 saturated heterocycles. The zero-order valence-electron chi connectivity index (χ0n) is 5.96. The van der Waals surface area contributed by atoms with Crippen LogP contribution in [0, 0.1) is 0 Å². The minimum absolute atomic E-state index is 0.322. The van der Waals surface area contributed by atoms with E-state index in [0.29, 0.717) is 5.57 Å². The van der Waals surface area contributed by atoms with Gasteiger partial charge in [0.1, 0.15) is 0 Å². The molecule has 10 heavy (non-hydrogen) atoms. The molecule has 0 amide bonds. The summed E-state index contributed by atoms with van der Waals surface area (Å²) in [5, 5.41) is 0. The Balaban J connectivity index is 3.97. The summed E-state index contributed by atoms with van der Waals surface area (Å²) in [5.74, 6) is -0.418. The van der Waals surface area contributed by atoms with Crippen LogP contribution in [0.4, 0.5) is 0 Å². The third-order valence-electron chi connectivity index (χ3n) is 0.881. The van der Waals surface area contributed by atoms with Crippen molar-refractivity contribution in [2.75, 3.05) is 7.11 Å². The molecule has 0 N–H and O–H groups in total. The molecule has 0 aliphatic rings. The second kappa shape index (κ2) is 4.56. The van der Waals surface area contributed by atoms with E-state index in [1.54, 1.807) is 18.2 Å². The molecule has 0 spiro atoms. The highest BCUT2D eigenvalue weighted by atomic mass is 16.5. The van der Waals surface area contributed by atoms with Crippen LogP contribution in [-0.2, 0) is 9.53 Å². The van der Waals surface area contributed by atoms with Gasteiger partial charge in [0, 0.05) is 0 Å². The van der Waals surface area contributed by atoms with E-state index in [-0.39, 0.29) is 0 Å². The molecule has 0 saturated carbocycles. The summed E-state index contributed by atoms with van der Waals surface area (Å²) in [5.41, 5.74) is 0.322. The van der Waals surface area contributed by atoms with Gasteiger partial charge < -0.3 is 4.74 Å². The number of carbonyl (C=O) groups excluding carboxylic acids is 1. The van der Waals surface area contributed by atoms with E-state index < -0.39 is 5.97 Å². The van der Waals surface area contributed by atoms with E-state index in [0.717, 1.165) is 0 Å². The lowest BCUT2D eigenvalue weighted by Crippen LogP contribution is -2.00. The first-order chi connectivity index (χ1) is 4.72. The van der Waals surface area contributed by atoms with Crippen LogP contribution in [-0.4, -0.2) is 13.1 Å². The molecular weight excluding hydrogens is 128 g/mol. The molecule has 0 bridgehead atoms. The minimum atomic E-state index is -0.418. The van der Waals surface area contributed by atoms with Crippen molar-refractivity contribution in [1.29, 1.82) is 0 Å². The molecule has 0 unspecified atom stereocenters. The highest BCUT2D eigenvalue weighted by molar-refractivity contribution is 5.90. The van der Waals surface area contributed by atoms with Gasteiger partial charge in [-0.15, -0.1) is 0 Å². The highest BCUT2D eigenvalue weighted by Gasteiger charge is 1.99. The Labute approximate surface area is 60.5 Å². The Morgan fingerprint density at radius 2 is 2.20 bits per heavy atom. The lowest BCUT2D eigenvalue weighted by molar-refractivity contribution is -0.135. The van der Waals surface area contributed by atoms with Crippen molar-refractivity contribution in [3.63, 3.8) is 0 Å². The second-order valence-corrected chi connectivity index (χ2v) is 1.61. The fourth-order valence-electron chi connectivity index (χ4n) is 0.383. The van der Waals surface area contributed by atoms with Crippen LogP contribution in [0.1, 0.15) is 0 Å². The predicted molar refractivity (Wildman–Crippen MR) is 40.5 cm³/mol. The molecule has 0 aromatic rings. The average molecular weight is 138 g/mol. The van der Waals surface area contributed by atoms with Gasteiger partial charge in [-0.05, 0) is 6.08 Å². The summed E-state index contributed by atoms with van der Waals surface area (Å²) >= 11 is 0. The topological polar surface area (TPSA) is 26.3 Å². The van der Waals surface area contributed by atoms with Crippen molar-refractivity contribution >= 4 is 5.97 Å².